The summed E-state index contributed by atoms with van der Waals surface area (Å²) in [5.41, 5.74) is 8.53. The Morgan fingerprint density at radius 1 is 1.28 bits per heavy atom. The highest BCUT2D eigenvalue weighted by atomic mass is 35.5. The predicted molar refractivity (Wildman–Crippen MR) is 73.4 cm³/mol. The molecule has 18 heavy (non-hydrogen) atoms. The summed E-state index contributed by atoms with van der Waals surface area (Å²) in [5.74, 6) is 0.276. The number of benzene rings is 1. The molecule has 0 fully saturated rings. The molecule has 0 bridgehead atoms. The van der Waals surface area contributed by atoms with E-state index in [9.17, 15) is 0 Å². The van der Waals surface area contributed by atoms with Gasteiger partial charge in [0.1, 0.15) is 0 Å². The van der Waals surface area contributed by atoms with E-state index in [2.05, 4.69) is 9.97 Å². The van der Waals surface area contributed by atoms with Gasteiger partial charge in [-0.25, -0.2) is 9.97 Å². The zero-order chi connectivity index (χ0) is 12.7. The number of hydrogen-bond acceptors (Lipinski definition) is 3. The standard InChI is InChI=1S/C13H11ClN4/c1-18-7-10(11-4-5-16-13(15)17-11)9-3-2-8(14)6-12(9)18/h2-7H,1H3,(H2,15,16,17). The van der Waals surface area contributed by atoms with Crippen molar-refractivity contribution in [2.75, 3.05) is 5.73 Å². The molecule has 2 N–H and O–H groups in total. The van der Waals surface area contributed by atoms with Crippen molar-refractivity contribution in [3.05, 3.63) is 41.7 Å². The third kappa shape index (κ3) is 1.71. The number of halogens is 1. The highest BCUT2D eigenvalue weighted by molar-refractivity contribution is 6.31. The van der Waals surface area contributed by atoms with Crippen molar-refractivity contribution in [3.63, 3.8) is 0 Å². The summed E-state index contributed by atoms with van der Waals surface area (Å²) < 4.78 is 2.02. The minimum Gasteiger partial charge on any atom is -0.368 e. The maximum Gasteiger partial charge on any atom is 0.220 e. The number of nitrogens with zero attached hydrogens (tertiary/aromatic N) is 3. The van der Waals surface area contributed by atoms with E-state index < -0.39 is 0 Å². The molecule has 90 valence electrons. The summed E-state index contributed by atoms with van der Waals surface area (Å²) >= 11 is 6.01. The van der Waals surface area contributed by atoms with Gasteiger partial charge in [0.15, 0.2) is 0 Å². The zero-order valence-electron chi connectivity index (χ0n) is 9.76. The number of aryl methyl sites for hydroxylation is 1. The molecule has 0 aliphatic heterocycles. The van der Waals surface area contributed by atoms with Gasteiger partial charge in [0.25, 0.3) is 0 Å². The third-order valence-electron chi connectivity index (χ3n) is 2.90. The Morgan fingerprint density at radius 2 is 2.11 bits per heavy atom. The minimum absolute atomic E-state index is 0.276. The van der Waals surface area contributed by atoms with Crippen molar-refractivity contribution in [3.8, 4) is 11.3 Å². The van der Waals surface area contributed by atoms with Gasteiger partial charge in [-0.1, -0.05) is 17.7 Å². The number of hydrogen-bond donors (Lipinski definition) is 1. The lowest BCUT2D eigenvalue weighted by Crippen LogP contribution is -1.94. The number of nitrogen functional groups attached to an aromatic ring is 1. The lowest BCUT2D eigenvalue weighted by atomic mass is 10.1. The first-order chi connectivity index (χ1) is 8.65. The van der Waals surface area contributed by atoms with Gasteiger partial charge in [0, 0.05) is 40.9 Å². The van der Waals surface area contributed by atoms with Gasteiger partial charge in [-0.2, -0.15) is 0 Å². The van der Waals surface area contributed by atoms with Gasteiger partial charge in [-0.3, -0.25) is 0 Å². The van der Waals surface area contributed by atoms with Gasteiger partial charge >= 0.3 is 0 Å². The van der Waals surface area contributed by atoms with E-state index in [1.54, 1.807) is 6.20 Å². The minimum atomic E-state index is 0.276. The van der Waals surface area contributed by atoms with Crippen LogP contribution in [0.3, 0.4) is 0 Å². The van der Waals surface area contributed by atoms with Crippen molar-refractivity contribution >= 4 is 28.5 Å². The molecule has 2 aromatic heterocycles. The van der Waals surface area contributed by atoms with E-state index in [0.29, 0.717) is 0 Å². The Kier molecular flexibility index (Phi) is 2.45. The molecule has 0 aliphatic carbocycles. The van der Waals surface area contributed by atoms with Gasteiger partial charge in [0.05, 0.1) is 5.69 Å². The monoisotopic (exact) mass is 258 g/mol. The Balaban J connectivity index is 2.30. The lowest BCUT2D eigenvalue weighted by Gasteiger charge is -1.99. The van der Waals surface area contributed by atoms with E-state index in [4.69, 9.17) is 17.3 Å². The molecule has 0 radical (unpaired) electrons. The van der Waals surface area contributed by atoms with E-state index in [1.807, 2.05) is 42.1 Å². The highest BCUT2D eigenvalue weighted by Crippen LogP contribution is 2.30. The fraction of sp³-hybridized carbons (Fsp3) is 0.0769. The van der Waals surface area contributed by atoms with Crippen molar-refractivity contribution in [1.82, 2.24) is 14.5 Å². The lowest BCUT2D eigenvalue weighted by molar-refractivity contribution is 0.969. The predicted octanol–water partition coefficient (Wildman–Crippen LogP) is 2.87. The van der Waals surface area contributed by atoms with Gasteiger partial charge in [-0.15, -0.1) is 0 Å². The quantitative estimate of drug-likeness (QED) is 0.730. The van der Waals surface area contributed by atoms with Crippen LogP contribution in [0.25, 0.3) is 22.2 Å². The van der Waals surface area contributed by atoms with Gasteiger partial charge < -0.3 is 10.3 Å². The highest BCUT2D eigenvalue weighted by Gasteiger charge is 2.10. The van der Waals surface area contributed by atoms with Crippen molar-refractivity contribution in [2.45, 2.75) is 0 Å². The van der Waals surface area contributed by atoms with Crippen molar-refractivity contribution in [2.24, 2.45) is 7.05 Å². The molecule has 0 saturated heterocycles. The van der Waals surface area contributed by atoms with Crippen LogP contribution in [0.1, 0.15) is 0 Å². The second kappa shape index (κ2) is 3.99. The van der Waals surface area contributed by atoms with Crippen molar-refractivity contribution < 1.29 is 0 Å². The average Bonchev–Trinajstić information content (AvgIpc) is 2.67. The molecule has 0 amide bonds. The SMILES string of the molecule is Cn1cc(-c2ccnc(N)n2)c2ccc(Cl)cc21. The zero-order valence-corrected chi connectivity index (χ0v) is 10.5. The number of fused-ring (bicyclic) bond motifs is 1. The van der Waals surface area contributed by atoms with Crippen LogP contribution in [0.5, 0.6) is 0 Å². The van der Waals surface area contributed by atoms with E-state index in [1.165, 1.54) is 0 Å². The largest absolute Gasteiger partial charge is 0.368 e. The van der Waals surface area contributed by atoms with Crippen molar-refractivity contribution in [1.29, 1.82) is 0 Å². The first-order valence-electron chi connectivity index (χ1n) is 5.48. The Hall–Kier alpha value is -2.07. The molecular weight excluding hydrogens is 248 g/mol. The van der Waals surface area contributed by atoms with Crippen LogP contribution in [-0.2, 0) is 7.05 Å². The Bertz CT molecular complexity index is 733. The van der Waals surface area contributed by atoms with Gasteiger partial charge in [-0.05, 0) is 18.2 Å². The van der Waals surface area contributed by atoms with Crippen LogP contribution in [-0.4, -0.2) is 14.5 Å². The van der Waals surface area contributed by atoms with E-state index >= 15 is 0 Å². The molecule has 0 saturated carbocycles. The maximum atomic E-state index is 6.01. The number of aromatic nitrogens is 3. The van der Waals surface area contributed by atoms with Gasteiger partial charge in [0.2, 0.25) is 5.95 Å². The summed E-state index contributed by atoms with van der Waals surface area (Å²) in [6, 6.07) is 7.65. The molecule has 0 unspecified atom stereocenters. The maximum absolute atomic E-state index is 6.01. The van der Waals surface area contributed by atoms with E-state index in [0.717, 1.165) is 27.2 Å². The average molecular weight is 259 g/mol. The van der Waals surface area contributed by atoms with Crippen LogP contribution in [0.15, 0.2) is 36.7 Å². The molecule has 3 aromatic rings. The van der Waals surface area contributed by atoms with Crippen LogP contribution in [0.2, 0.25) is 5.02 Å². The molecule has 3 rings (SSSR count). The normalized spacial score (nSPS) is 11.0. The molecule has 0 aliphatic rings. The van der Waals surface area contributed by atoms with Crippen LogP contribution in [0, 0.1) is 0 Å². The summed E-state index contributed by atoms with van der Waals surface area (Å²) in [5, 5.41) is 1.82. The summed E-state index contributed by atoms with van der Waals surface area (Å²) in [6.07, 6.45) is 3.68. The number of anilines is 1. The second-order valence-electron chi connectivity index (χ2n) is 4.12. The second-order valence-corrected chi connectivity index (χ2v) is 4.55. The first kappa shape index (κ1) is 11.0. The topological polar surface area (TPSA) is 56.7 Å². The van der Waals surface area contributed by atoms with Crippen LogP contribution < -0.4 is 5.73 Å². The number of rotatable bonds is 1. The van der Waals surface area contributed by atoms with E-state index in [-0.39, 0.29) is 5.95 Å². The van der Waals surface area contributed by atoms with Crippen LogP contribution >= 0.6 is 11.6 Å². The Morgan fingerprint density at radius 3 is 2.89 bits per heavy atom. The fourth-order valence-corrected chi connectivity index (χ4v) is 2.25. The molecule has 0 spiro atoms. The first-order valence-corrected chi connectivity index (χ1v) is 5.86. The summed E-state index contributed by atoms with van der Waals surface area (Å²) in [4.78, 5) is 8.15. The molecule has 5 heteroatoms. The third-order valence-corrected chi connectivity index (χ3v) is 3.14. The molecular formula is C13H11ClN4. The molecule has 1 aromatic carbocycles. The molecule has 2 heterocycles. The summed E-state index contributed by atoms with van der Waals surface area (Å²) in [6.45, 7) is 0. The van der Waals surface area contributed by atoms with Crippen LogP contribution in [0.4, 0.5) is 5.95 Å². The Labute approximate surface area is 109 Å². The molecule has 0 atom stereocenters. The number of nitrogens with two attached hydrogens (primary N) is 1. The fourth-order valence-electron chi connectivity index (χ4n) is 2.08. The molecule has 4 nitrogen and oxygen atoms in total. The smallest absolute Gasteiger partial charge is 0.220 e. The summed E-state index contributed by atoms with van der Waals surface area (Å²) in [7, 11) is 1.98.